The van der Waals surface area contributed by atoms with Crippen molar-refractivity contribution in [2.24, 2.45) is 5.92 Å². The van der Waals surface area contributed by atoms with Crippen molar-refractivity contribution >= 4 is 13.8 Å². The number of benzene rings is 1. The van der Waals surface area contributed by atoms with Gasteiger partial charge in [0, 0.05) is 19.0 Å². The fourth-order valence-electron chi connectivity index (χ4n) is 3.40. The molecule has 1 aromatic carbocycles. The summed E-state index contributed by atoms with van der Waals surface area (Å²) < 4.78 is 11.2. The number of hydrogen-bond donors (Lipinski definition) is 0. The predicted octanol–water partition coefficient (Wildman–Crippen LogP) is 0.687. The van der Waals surface area contributed by atoms with Crippen molar-refractivity contribution in [3.8, 4) is 0 Å². The molecule has 3 rings (SSSR count). The van der Waals surface area contributed by atoms with Crippen LogP contribution in [0.3, 0.4) is 0 Å². The number of rotatable bonds is 4. The topological polar surface area (TPSA) is 48.0 Å². The third-order valence-electron chi connectivity index (χ3n) is 4.42. The van der Waals surface area contributed by atoms with Crippen LogP contribution in [0.4, 0.5) is 0 Å². The van der Waals surface area contributed by atoms with E-state index in [4.69, 9.17) is 14.3 Å². The molecule has 2 aliphatic heterocycles. The summed E-state index contributed by atoms with van der Waals surface area (Å²) in [5.74, 6) is -1.03. The van der Waals surface area contributed by atoms with E-state index in [1.165, 1.54) is 0 Å². The van der Waals surface area contributed by atoms with Crippen LogP contribution in [0.5, 0.6) is 0 Å². The average molecular weight is 289 g/mol. The van der Waals surface area contributed by atoms with E-state index in [1.807, 2.05) is 50.3 Å². The van der Waals surface area contributed by atoms with Gasteiger partial charge < -0.3 is 9.47 Å². The fraction of sp³-hybridized carbons (Fsp3) is 0.533. The van der Waals surface area contributed by atoms with Gasteiger partial charge >= 0.3 is 5.97 Å². The molecular formula is C15H20BNO4. The molecule has 2 saturated heterocycles. The van der Waals surface area contributed by atoms with E-state index in [1.54, 1.807) is 0 Å². The molecule has 1 unspecified atom stereocenters. The van der Waals surface area contributed by atoms with Crippen molar-refractivity contribution in [3.05, 3.63) is 35.9 Å². The van der Waals surface area contributed by atoms with Gasteiger partial charge in [-0.1, -0.05) is 37.3 Å². The van der Waals surface area contributed by atoms with Crippen molar-refractivity contribution in [2.45, 2.75) is 37.8 Å². The van der Waals surface area contributed by atoms with Gasteiger partial charge in [0.05, 0.1) is 6.04 Å². The first-order chi connectivity index (χ1) is 10.0. The molecule has 6 heteroatoms. The number of likely N-dealkylation sites (N-methyl/N-ethyl adjacent to an activating group) is 1. The first-order valence-electron chi connectivity index (χ1n) is 7.31. The maximum absolute atomic E-state index is 12.1. The van der Waals surface area contributed by atoms with Crippen LogP contribution in [0, 0.1) is 5.92 Å². The summed E-state index contributed by atoms with van der Waals surface area (Å²) in [6.07, 6.45) is 0.117. The van der Waals surface area contributed by atoms with Crippen molar-refractivity contribution in [1.29, 1.82) is 0 Å². The molecule has 21 heavy (non-hydrogen) atoms. The van der Waals surface area contributed by atoms with E-state index < -0.39 is 5.79 Å². The lowest BCUT2D eigenvalue weighted by Gasteiger charge is -2.33. The highest BCUT2D eigenvalue weighted by atomic mass is 16.8. The Morgan fingerprint density at radius 3 is 2.76 bits per heavy atom. The first kappa shape index (κ1) is 14.6. The highest BCUT2D eigenvalue weighted by Crippen LogP contribution is 2.47. The molecule has 0 aromatic heterocycles. The van der Waals surface area contributed by atoms with Crippen LogP contribution >= 0.6 is 0 Å². The minimum absolute atomic E-state index is 0.0562. The summed E-state index contributed by atoms with van der Waals surface area (Å²) in [5.41, 5.74) is 0.972. The SMILES string of the molecule is B[C@@H]1O[C@@]2(CC(=O)OCc3ccccc3)ON(C)[C@H]1C2C. The number of esters is 1. The Morgan fingerprint density at radius 1 is 1.43 bits per heavy atom. The summed E-state index contributed by atoms with van der Waals surface area (Å²) >= 11 is 0. The number of nitrogens with zero attached hydrogens (tertiary/aromatic N) is 1. The molecule has 2 bridgehead atoms. The number of hydrogen-bond acceptors (Lipinski definition) is 5. The van der Waals surface area contributed by atoms with E-state index in [9.17, 15) is 4.79 Å². The zero-order valence-electron chi connectivity index (χ0n) is 12.6. The van der Waals surface area contributed by atoms with Gasteiger partial charge in [-0.2, -0.15) is 5.06 Å². The molecule has 112 valence electrons. The monoisotopic (exact) mass is 289 g/mol. The zero-order chi connectivity index (χ0) is 15.0. The Balaban J connectivity index is 1.60. The second kappa shape index (κ2) is 5.44. The summed E-state index contributed by atoms with van der Waals surface area (Å²) in [6, 6.07) is 9.88. The van der Waals surface area contributed by atoms with E-state index in [2.05, 4.69) is 6.92 Å². The number of carbonyl (C=O) groups excluding carboxylic acids is 1. The second-order valence-electron chi connectivity index (χ2n) is 5.87. The maximum atomic E-state index is 12.1. The Labute approximate surface area is 125 Å². The van der Waals surface area contributed by atoms with Gasteiger partial charge in [-0.25, -0.2) is 0 Å². The third kappa shape index (κ3) is 2.59. The number of fused-ring (bicyclic) bond motifs is 2. The fourth-order valence-corrected chi connectivity index (χ4v) is 3.40. The maximum Gasteiger partial charge on any atom is 0.311 e. The van der Waals surface area contributed by atoms with Crippen LogP contribution in [-0.2, 0) is 25.7 Å². The van der Waals surface area contributed by atoms with Crippen LogP contribution in [0.1, 0.15) is 18.9 Å². The lowest BCUT2D eigenvalue weighted by atomic mass is 9.85. The zero-order valence-corrected chi connectivity index (χ0v) is 12.6. The summed E-state index contributed by atoms with van der Waals surface area (Å²) in [6.45, 7) is 2.33. The predicted molar refractivity (Wildman–Crippen MR) is 78.8 cm³/mol. The second-order valence-corrected chi connectivity index (χ2v) is 5.87. The standard InChI is InChI=1S/C15H20BNO4/c1-10-13-14(16)20-15(10,21-17(13)2)8-12(18)19-9-11-6-4-3-5-7-11/h3-7,10,13-14H,8-9,16H2,1-2H3/t10?,13-,14+,15-/m0/s1. The first-order valence-corrected chi connectivity index (χ1v) is 7.31. The largest absolute Gasteiger partial charge is 0.461 e. The number of hydroxylamine groups is 2. The Morgan fingerprint density at radius 2 is 2.14 bits per heavy atom. The van der Waals surface area contributed by atoms with Crippen molar-refractivity contribution in [3.63, 3.8) is 0 Å². The lowest BCUT2D eigenvalue weighted by molar-refractivity contribution is -0.337. The molecule has 4 atom stereocenters. The van der Waals surface area contributed by atoms with Gasteiger partial charge in [0.25, 0.3) is 0 Å². The van der Waals surface area contributed by atoms with Crippen molar-refractivity contribution < 1.29 is 19.1 Å². The van der Waals surface area contributed by atoms with Crippen molar-refractivity contribution in [1.82, 2.24) is 5.06 Å². The van der Waals surface area contributed by atoms with Gasteiger partial charge in [-0.3, -0.25) is 9.63 Å². The van der Waals surface area contributed by atoms with Gasteiger partial charge in [0.1, 0.15) is 20.9 Å². The number of ether oxygens (including phenoxy) is 2. The van der Waals surface area contributed by atoms with Gasteiger partial charge in [-0.15, -0.1) is 0 Å². The summed E-state index contributed by atoms with van der Waals surface area (Å²) in [5, 5.41) is 1.81. The average Bonchev–Trinajstić information content (AvgIpc) is 2.82. The molecule has 0 radical (unpaired) electrons. The molecule has 2 heterocycles. The van der Waals surface area contributed by atoms with Crippen LogP contribution in [0.2, 0.25) is 0 Å². The van der Waals surface area contributed by atoms with Gasteiger partial charge in [-0.05, 0) is 5.56 Å². The van der Waals surface area contributed by atoms with Gasteiger partial charge in [0.15, 0.2) is 0 Å². The number of carbonyl (C=O) groups is 1. The molecule has 0 saturated carbocycles. The highest BCUT2D eigenvalue weighted by Gasteiger charge is 2.61. The summed E-state index contributed by atoms with van der Waals surface area (Å²) in [7, 11) is 3.90. The Hall–Kier alpha value is -1.37. The lowest BCUT2D eigenvalue weighted by Crippen LogP contribution is -2.45. The quantitative estimate of drug-likeness (QED) is 0.603. The van der Waals surface area contributed by atoms with E-state index >= 15 is 0 Å². The molecule has 0 spiro atoms. The van der Waals surface area contributed by atoms with Gasteiger partial charge in [0.2, 0.25) is 5.79 Å². The normalized spacial score (nSPS) is 35.0. The Kier molecular flexibility index (Phi) is 3.77. The molecule has 0 amide bonds. The Bertz CT molecular complexity index is 512. The molecule has 2 fully saturated rings. The minimum atomic E-state index is -0.868. The van der Waals surface area contributed by atoms with Crippen LogP contribution in [0.25, 0.3) is 0 Å². The molecule has 5 nitrogen and oxygen atoms in total. The van der Waals surface area contributed by atoms with Crippen LogP contribution in [-0.4, -0.2) is 43.8 Å². The van der Waals surface area contributed by atoms with Crippen LogP contribution in [0.15, 0.2) is 30.3 Å². The van der Waals surface area contributed by atoms with E-state index in [-0.39, 0.29) is 37.0 Å². The molecule has 1 aromatic rings. The van der Waals surface area contributed by atoms with Crippen LogP contribution < -0.4 is 0 Å². The smallest absolute Gasteiger partial charge is 0.311 e. The summed E-state index contributed by atoms with van der Waals surface area (Å²) in [4.78, 5) is 17.9. The van der Waals surface area contributed by atoms with E-state index in [0.29, 0.717) is 0 Å². The molecule has 0 N–H and O–H groups in total. The molecular weight excluding hydrogens is 269 g/mol. The van der Waals surface area contributed by atoms with Crippen molar-refractivity contribution in [2.75, 3.05) is 7.05 Å². The molecule has 2 aliphatic rings. The highest BCUT2D eigenvalue weighted by molar-refractivity contribution is 6.11. The minimum Gasteiger partial charge on any atom is -0.461 e. The molecule has 0 aliphatic carbocycles. The van der Waals surface area contributed by atoms with E-state index in [0.717, 1.165) is 5.56 Å². The third-order valence-corrected chi connectivity index (χ3v) is 4.42.